The van der Waals surface area contributed by atoms with Gasteiger partial charge in [0.05, 0.1) is 0 Å². The molecule has 2 aliphatic heterocycles. The Morgan fingerprint density at radius 2 is 1.78 bits per heavy atom. The second-order valence-electron chi connectivity index (χ2n) is 8.70. The van der Waals surface area contributed by atoms with Crippen molar-refractivity contribution >= 4 is 11.8 Å². The molecular formula is C19H34N2O2. The molecule has 2 heterocycles. The van der Waals surface area contributed by atoms with Crippen LogP contribution in [0.5, 0.6) is 0 Å². The van der Waals surface area contributed by atoms with Crippen LogP contribution >= 0.6 is 0 Å². The molecule has 4 nitrogen and oxygen atoms in total. The first-order valence-corrected chi connectivity index (χ1v) is 9.30. The van der Waals surface area contributed by atoms with Gasteiger partial charge in [-0.2, -0.15) is 0 Å². The lowest BCUT2D eigenvalue weighted by molar-refractivity contribution is -0.145. The quantitative estimate of drug-likeness (QED) is 0.800. The summed E-state index contributed by atoms with van der Waals surface area (Å²) in [4.78, 5) is 29.1. The predicted molar refractivity (Wildman–Crippen MR) is 92.9 cm³/mol. The zero-order valence-corrected chi connectivity index (χ0v) is 15.6. The molecule has 132 valence electrons. The van der Waals surface area contributed by atoms with Crippen LogP contribution in [0.25, 0.3) is 0 Å². The summed E-state index contributed by atoms with van der Waals surface area (Å²) in [6.45, 7) is 13.4. The number of nitrogens with zero attached hydrogens (tertiary/aromatic N) is 2. The number of carbonyl (C=O) groups excluding carboxylic acids is 2. The van der Waals surface area contributed by atoms with E-state index in [9.17, 15) is 9.59 Å². The lowest BCUT2D eigenvalue weighted by Gasteiger charge is -2.34. The molecule has 0 N–H and O–H groups in total. The van der Waals surface area contributed by atoms with Crippen LogP contribution in [0.4, 0.5) is 0 Å². The summed E-state index contributed by atoms with van der Waals surface area (Å²) >= 11 is 0. The smallest absolute Gasteiger partial charge is 0.245 e. The summed E-state index contributed by atoms with van der Waals surface area (Å²) in [6, 6.07) is -0.267. The van der Waals surface area contributed by atoms with Gasteiger partial charge in [-0.3, -0.25) is 9.59 Å². The Kier molecular flexibility index (Phi) is 5.74. The van der Waals surface area contributed by atoms with Gasteiger partial charge in [0.1, 0.15) is 6.04 Å². The molecule has 0 radical (unpaired) electrons. The summed E-state index contributed by atoms with van der Waals surface area (Å²) in [5.74, 6) is 1.17. The van der Waals surface area contributed by atoms with Gasteiger partial charge in [0.2, 0.25) is 11.8 Å². The van der Waals surface area contributed by atoms with Crippen molar-refractivity contribution in [1.29, 1.82) is 0 Å². The van der Waals surface area contributed by atoms with Crippen molar-refractivity contribution in [3.05, 3.63) is 0 Å². The number of hydrogen-bond donors (Lipinski definition) is 0. The fraction of sp³-hybridized carbons (Fsp3) is 0.895. The highest BCUT2D eigenvalue weighted by Crippen LogP contribution is 2.34. The Labute approximate surface area is 141 Å². The van der Waals surface area contributed by atoms with E-state index < -0.39 is 0 Å². The summed E-state index contributed by atoms with van der Waals surface area (Å²) in [7, 11) is 0. The number of rotatable bonds is 3. The first-order valence-electron chi connectivity index (χ1n) is 9.30. The normalized spacial score (nSPS) is 25.0. The van der Waals surface area contributed by atoms with Crippen molar-refractivity contribution in [2.24, 2.45) is 17.3 Å². The van der Waals surface area contributed by atoms with Crippen LogP contribution in [0.3, 0.4) is 0 Å². The Morgan fingerprint density at radius 1 is 1.09 bits per heavy atom. The lowest BCUT2D eigenvalue weighted by atomic mass is 9.77. The molecule has 2 aliphatic rings. The molecule has 0 saturated carbocycles. The molecule has 23 heavy (non-hydrogen) atoms. The van der Waals surface area contributed by atoms with E-state index in [1.54, 1.807) is 0 Å². The van der Waals surface area contributed by atoms with Gasteiger partial charge in [-0.15, -0.1) is 0 Å². The number of amides is 2. The van der Waals surface area contributed by atoms with Gasteiger partial charge in [-0.1, -0.05) is 34.6 Å². The SMILES string of the molecule is CC(C)[C@@H](C(=O)N1CCC[C@H](C(C)(C)C)CC1)N1CCCC1=O. The minimum atomic E-state index is -0.267. The summed E-state index contributed by atoms with van der Waals surface area (Å²) in [5.41, 5.74) is 0.307. The zero-order valence-electron chi connectivity index (χ0n) is 15.6. The summed E-state index contributed by atoms with van der Waals surface area (Å²) in [6.07, 6.45) is 4.84. The van der Waals surface area contributed by atoms with E-state index in [-0.39, 0.29) is 23.8 Å². The Bertz CT molecular complexity index is 439. The van der Waals surface area contributed by atoms with Crippen LogP contribution in [-0.4, -0.2) is 47.3 Å². The van der Waals surface area contributed by atoms with Crippen LogP contribution in [0.2, 0.25) is 0 Å². The van der Waals surface area contributed by atoms with Crippen LogP contribution < -0.4 is 0 Å². The fourth-order valence-corrected chi connectivity index (χ4v) is 4.11. The van der Waals surface area contributed by atoms with Crippen molar-refractivity contribution in [3.8, 4) is 0 Å². The summed E-state index contributed by atoms with van der Waals surface area (Å²) in [5, 5.41) is 0. The molecular weight excluding hydrogens is 288 g/mol. The molecule has 0 aromatic heterocycles. The standard InChI is InChI=1S/C19H34N2O2/c1-14(2)17(21-12-7-9-16(21)22)18(23)20-11-6-8-15(10-13-20)19(3,4)5/h14-15,17H,6-13H2,1-5H3/t15-,17-/m0/s1. The number of likely N-dealkylation sites (tertiary alicyclic amines) is 2. The average molecular weight is 322 g/mol. The molecule has 0 aromatic carbocycles. The van der Waals surface area contributed by atoms with Gasteiger partial charge in [-0.05, 0) is 42.9 Å². The maximum atomic E-state index is 13.1. The maximum absolute atomic E-state index is 13.1. The minimum Gasteiger partial charge on any atom is -0.341 e. The highest BCUT2D eigenvalue weighted by atomic mass is 16.2. The molecule has 0 aromatic rings. The molecule has 0 unspecified atom stereocenters. The molecule has 2 rings (SSSR count). The van der Waals surface area contributed by atoms with Crippen molar-refractivity contribution in [1.82, 2.24) is 9.80 Å². The van der Waals surface area contributed by atoms with E-state index in [2.05, 4.69) is 34.6 Å². The topological polar surface area (TPSA) is 40.6 Å². The van der Waals surface area contributed by atoms with E-state index in [0.717, 1.165) is 38.9 Å². The second kappa shape index (κ2) is 7.23. The monoisotopic (exact) mass is 322 g/mol. The Morgan fingerprint density at radius 3 is 2.30 bits per heavy atom. The van der Waals surface area contributed by atoms with Crippen LogP contribution in [0.15, 0.2) is 0 Å². The second-order valence-corrected chi connectivity index (χ2v) is 8.70. The summed E-state index contributed by atoms with van der Waals surface area (Å²) < 4.78 is 0. The maximum Gasteiger partial charge on any atom is 0.245 e. The molecule has 2 saturated heterocycles. The first kappa shape index (κ1) is 18.3. The van der Waals surface area contributed by atoms with Gasteiger partial charge >= 0.3 is 0 Å². The third-order valence-electron chi connectivity index (χ3n) is 5.59. The molecule has 2 fully saturated rings. The lowest BCUT2D eigenvalue weighted by Crippen LogP contribution is -2.52. The molecule has 0 spiro atoms. The predicted octanol–water partition coefficient (Wildman–Crippen LogP) is 3.31. The van der Waals surface area contributed by atoms with Crippen LogP contribution in [0.1, 0.15) is 66.7 Å². The minimum absolute atomic E-state index is 0.152. The molecule has 2 amide bonds. The zero-order chi connectivity index (χ0) is 17.2. The molecule has 2 atom stereocenters. The third-order valence-corrected chi connectivity index (χ3v) is 5.59. The number of hydrogen-bond acceptors (Lipinski definition) is 2. The van der Waals surface area contributed by atoms with Crippen molar-refractivity contribution in [2.45, 2.75) is 72.8 Å². The van der Waals surface area contributed by atoms with Gasteiger partial charge < -0.3 is 9.80 Å². The Hall–Kier alpha value is -1.06. The first-order chi connectivity index (χ1) is 10.7. The highest BCUT2D eigenvalue weighted by molar-refractivity contribution is 5.88. The van der Waals surface area contributed by atoms with Gasteiger partial charge in [-0.25, -0.2) is 0 Å². The van der Waals surface area contributed by atoms with Gasteiger partial charge in [0.15, 0.2) is 0 Å². The molecule has 0 aliphatic carbocycles. The third kappa shape index (κ3) is 4.27. The van der Waals surface area contributed by atoms with E-state index in [0.29, 0.717) is 17.8 Å². The average Bonchev–Trinajstić information content (AvgIpc) is 2.73. The van der Waals surface area contributed by atoms with E-state index in [1.165, 1.54) is 6.42 Å². The van der Waals surface area contributed by atoms with Crippen molar-refractivity contribution in [2.75, 3.05) is 19.6 Å². The Balaban J connectivity index is 2.07. The van der Waals surface area contributed by atoms with Gasteiger partial charge in [0.25, 0.3) is 0 Å². The largest absolute Gasteiger partial charge is 0.341 e. The molecule has 0 bridgehead atoms. The van der Waals surface area contributed by atoms with E-state index in [1.807, 2.05) is 9.80 Å². The van der Waals surface area contributed by atoms with Crippen molar-refractivity contribution in [3.63, 3.8) is 0 Å². The highest BCUT2D eigenvalue weighted by Gasteiger charge is 2.38. The number of carbonyl (C=O) groups is 2. The fourth-order valence-electron chi connectivity index (χ4n) is 4.11. The van der Waals surface area contributed by atoms with Crippen LogP contribution in [-0.2, 0) is 9.59 Å². The molecule has 4 heteroatoms. The van der Waals surface area contributed by atoms with E-state index >= 15 is 0 Å². The van der Waals surface area contributed by atoms with Gasteiger partial charge in [0, 0.05) is 26.1 Å². The van der Waals surface area contributed by atoms with Crippen LogP contribution in [0, 0.1) is 17.3 Å². The van der Waals surface area contributed by atoms with Crippen molar-refractivity contribution < 1.29 is 9.59 Å². The van der Waals surface area contributed by atoms with E-state index in [4.69, 9.17) is 0 Å².